The first-order valence-electron chi connectivity index (χ1n) is 6.38. The fourth-order valence-electron chi connectivity index (χ4n) is 2.10. The predicted molar refractivity (Wildman–Crippen MR) is 80.6 cm³/mol. The van der Waals surface area contributed by atoms with E-state index in [1.807, 2.05) is 19.0 Å². The molecule has 0 spiro atoms. The zero-order valence-electron chi connectivity index (χ0n) is 12.0. The highest BCUT2D eigenvalue weighted by Gasteiger charge is 2.18. The molecule has 1 rings (SSSR count). The molecule has 0 heterocycles. The van der Waals surface area contributed by atoms with Crippen LogP contribution in [0.1, 0.15) is 20.3 Å². The minimum absolute atomic E-state index is 0.324. The zero-order chi connectivity index (χ0) is 13.7. The van der Waals surface area contributed by atoms with Gasteiger partial charge in [0.1, 0.15) is 5.84 Å². The highest BCUT2D eigenvalue weighted by molar-refractivity contribution is 5.92. The summed E-state index contributed by atoms with van der Waals surface area (Å²) in [6, 6.07) is 0. The quantitative estimate of drug-likeness (QED) is 0.544. The van der Waals surface area contributed by atoms with Crippen molar-refractivity contribution in [2.24, 2.45) is 16.8 Å². The van der Waals surface area contributed by atoms with Crippen LogP contribution in [-0.2, 0) is 0 Å². The van der Waals surface area contributed by atoms with Crippen LogP contribution in [0.3, 0.4) is 0 Å². The Balaban J connectivity index is 2.92. The summed E-state index contributed by atoms with van der Waals surface area (Å²) < 4.78 is 0. The second-order valence-electron chi connectivity index (χ2n) is 5.12. The van der Waals surface area contributed by atoms with Gasteiger partial charge >= 0.3 is 0 Å². The second-order valence-corrected chi connectivity index (χ2v) is 5.12. The van der Waals surface area contributed by atoms with Gasteiger partial charge in [-0.3, -0.25) is 0 Å². The van der Waals surface area contributed by atoms with Crippen LogP contribution >= 0.6 is 0 Å². The van der Waals surface area contributed by atoms with Crippen LogP contribution in [0.2, 0.25) is 0 Å². The van der Waals surface area contributed by atoms with E-state index in [1.165, 1.54) is 5.57 Å². The molecule has 0 aromatic heterocycles. The Morgan fingerprint density at radius 2 is 2.17 bits per heavy atom. The first kappa shape index (κ1) is 14.5. The van der Waals surface area contributed by atoms with E-state index in [2.05, 4.69) is 50.2 Å². The van der Waals surface area contributed by atoms with E-state index in [0.717, 1.165) is 18.0 Å². The highest BCUT2D eigenvalue weighted by atomic mass is 15.1. The molecule has 1 aliphatic rings. The second kappa shape index (κ2) is 6.39. The molecule has 0 aromatic rings. The minimum Gasteiger partial charge on any atom is -0.363 e. The summed E-state index contributed by atoms with van der Waals surface area (Å²) in [5, 5.41) is 0. The summed E-state index contributed by atoms with van der Waals surface area (Å²) >= 11 is 0. The summed E-state index contributed by atoms with van der Waals surface area (Å²) in [6.07, 6.45) is 9.37. The number of nitrogens with zero attached hydrogens (tertiary/aromatic N) is 2. The molecule has 2 atom stereocenters. The molecule has 18 heavy (non-hydrogen) atoms. The zero-order valence-corrected chi connectivity index (χ0v) is 12.0. The number of hydrogen-bond donors (Lipinski definition) is 0. The number of likely N-dealkylation sites (N-methyl/N-ethyl adjacent to an activating group) is 1. The van der Waals surface area contributed by atoms with Crippen LogP contribution in [0.4, 0.5) is 0 Å². The maximum Gasteiger partial charge on any atom is 0.127 e. The molecule has 2 nitrogen and oxygen atoms in total. The Morgan fingerprint density at radius 3 is 2.72 bits per heavy atom. The van der Waals surface area contributed by atoms with Crippen LogP contribution in [0.15, 0.2) is 53.7 Å². The number of amidine groups is 1. The van der Waals surface area contributed by atoms with Gasteiger partial charge < -0.3 is 4.90 Å². The average molecular weight is 244 g/mol. The standard InChI is InChI=1S/C16H24N2/c1-7-16(18(5)6)17-14(4)15-11-12(2)9-8-10-13(15)3/h7-10,12,15H,1,4,11H2,2-3,5-6H3/t12-,15?/m0/s1. The van der Waals surface area contributed by atoms with Gasteiger partial charge in [-0.05, 0) is 25.3 Å². The molecule has 0 amide bonds. The van der Waals surface area contributed by atoms with Gasteiger partial charge in [-0.1, -0.05) is 43.9 Å². The average Bonchev–Trinajstić information content (AvgIpc) is 2.47. The number of rotatable bonds is 3. The third kappa shape index (κ3) is 3.73. The van der Waals surface area contributed by atoms with E-state index in [9.17, 15) is 0 Å². The fourth-order valence-corrected chi connectivity index (χ4v) is 2.10. The molecule has 0 saturated heterocycles. The van der Waals surface area contributed by atoms with Crippen molar-refractivity contribution in [2.75, 3.05) is 14.1 Å². The number of aliphatic imine (C=N–C) groups is 1. The summed E-state index contributed by atoms with van der Waals surface area (Å²) in [7, 11) is 3.93. The SMILES string of the molecule is C=CC(=NC(=C)C1C[C@@H](C)C=CC=C1C)N(C)C. The van der Waals surface area contributed by atoms with Crippen molar-refractivity contribution in [3.63, 3.8) is 0 Å². The molecule has 2 heteroatoms. The van der Waals surface area contributed by atoms with Crippen molar-refractivity contribution in [3.05, 3.63) is 48.7 Å². The van der Waals surface area contributed by atoms with Crippen LogP contribution in [-0.4, -0.2) is 24.8 Å². The highest BCUT2D eigenvalue weighted by Crippen LogP contribution is 2.30. The summed E-state index contributed by atoms with van der Waals surface area (Å²) in [4.78, 5) is 6.56. The Labute approximate surface area is 111 Å². The molecular weight excluding hydrogens is 220 g/mol. The molecule has 0 fully saturated rings. The third-order valence-corrected chi connectivity index (χ3v) is 3.26. The fraction of sp³-hybridized carbons (Fsp3) is 0.438. The van der Waals surface area contributed by atoms with Crippen molar-refractivity contribution in [1.82, 2.24) is 4.90 Å². The molecule has 0 aliphatic heterocycles. The molecule has 0 radical (unpaired) electrons. The van der Waals surface area contributed by atoms with Crippen LogP contribution in [0.25, 0.3) is 0 Å². The molecule has 0 saturated carbocycles. The van der Waals surface area contributed by atoms with Gasteiger partial charge in [-0.15, -0.1) is 0 Å². The van der Waals surface area contributed by atoms with Gasteiger partial charge in [0.2, 0.25) is 0 Å². The largest absolute Gasteiger partial charge is 0.363 e. The van der Waals surface area contributed by atoms with E-state index in [0.29, 0.717) is 11.8 Å². The third-order valence-electron chi connectivity index (χ3n) is 3.26. The van der Waals surface area contributed by atoms with Gasteiger partial charge in [0.25, 0.3) is 0 Å². The lowest BCUT2D eigenvalue weighted by molar-refractivity contribution is 0.541. The lowest BCUT2D eigenvalue weighted by atomic mass is 9.89. The monoisotopic (exact) mass is 244 g/mol. The van der Waals surface area contributed by atoms with E-state index in [-0.39, 0.29) is 0 Å². The van der Waals surface area contributed by atoms with E-state index >= 15 is 0 Å². The van der Waals surface area contributed by atoms with E-state index in [1.54, 1.807) is 6.08 Å². The van der Waals surface area contributed by atoms with Crippen LogP contribution in [0, 0.1) is 11.8 Å². The number of allylic oxidation sites excluding steroid dienone is 4. The summed E-state index contributed by atoms with van der Waals surface area (Å²) in [6.45, 7) is 12.3. The Kier molecular flexibility index (Phi) is 5.14. The van der Waals surface area contributed by atoms with Crippen molar-refractivity contribution in [2.45, 2.75) is 20.3 Å². The lowest BCUT2D eigenvalue weighted by Crippen LogP contribution is -2.20. The van der Waals surface area contributed by atoms with E-state index < -0.39 is 0 Å². The van der Waals surface area contributed by atoms with Crippen LogP contribution < -0.4 is 0 Å². The van der Waals surface area contributed by atoms with Crippen molar-refractivity contribution >= 4 is 5.84 Å². The normalized spacial score (nSPS) is 24.2. The molecule has 0 bridgehead atoms. The molecule has 0 N–H and O–H groups in total. The van der Waals surface area contributed by atoms with Crippen molar-refractivity contribution in [1.29, 1.82) is 0 Å². The molecule has 0 aromatic carbocycles. The van der Waals surface area contributed by atoms with Gasteiger partial charge in [0.05, 0.1) is 0 Å². The van der Waals surface area contributed by atoms with Gasteiger partial charge in [-0.2, -0.15) is 0 Å². The van der Waals surface area contributed by atoms with Gasteiger partial charge in [0, 0.05) is 25.7 Å². The Bertz CT molecular complexity index is 411. The maximum absolute atomic E-state index is 4.61. The van der Waals surface area contributed by atoms with E-state index in [4.69, 9.17) is 0 Å². The number of hydrogen-bond acceptors (Lipinski definition) is 1. The smallest absolute Gasteiger partial charge is 0.127 e. The van der Waals surface area contributed by atoms with Crippen LogP contribution in [0.5, 0.6) is 0 Å². The first-order chi connectivity index (χ1) is 8.45. The lowest BCUT2D eigenvalue weighted by Gasteiger charge is -2.20. The minimum atomic E-state index is 0.324. The molecule has 1 unspecified atom stereocenters. The Hall–Kier alpha value is -1.57. The molecular formula is C16H24N2. The molecule has 1 aliphatic carbocycles. The molecule has 98 valence electrons. The topological polar surface area (TPSA) is 15.6 Å². The van der Waals surface area contributed by atoms with Crippen molar-refractivity contribution < 1.29 is 0 Å². The van der Waals surface area contributed by atoms with Gasteiger partial charge in [0.15, 0.2) is 0 Å². The summed E-state index contributed by atoms with van der Waals surface area (Å²) in [5.41, 5.74) is 2.24. The summed E-state index contributed by atoms with van der Waals surface area (Å²) in [5.74, 6) is 1.74. The van der Waals surface area contributed by atoms with Gasteiger partial charge in [-0.25, -0.2) is 4.99 Å². The Morgan fingerprint density at radius 1 is 1.50 bits per heavy atom. The van der Waals surface area contributed by atoms with Crippen molar-refractivity contribution in [3.8, 4) is 0 Å². The predicted octanol–water partition coefficient (Wildman–Crippen LogP) is 3.80. The first-order valence-corrected chi connectivity index (χ1v) is 6.38. The maximum atomic E-state index is 4.61.